The number of hydrogen-bond acceptors (Lipinski definition) is 4. The van der Waals surface area contributed by atoms with E-state index in [9.17, 15) is 14.4 Å². The maximum atomic E-state index is 13.0. The summed E-state index contributed by atoms with van der Waals surface area (Å²) in [4.78, 5) is 43.1. The van der Waals surface area contributed by atoms with Crippen LogP contribution < -0.4 is 4.90 Å². The van der Waals surface area contributed by atoms with Crippen molar-refractivity contribution >= 4 is 23.4 Å². The summed E-state index contributed by atoms with van der Waals surface area (Å²) in [7, 11) is 0. The van der Waals surface area contributed by atoms with E-state index in [-0.39, 0.29) is 30.1 Å². The Kier molecular flexibility index (Phi) is 5.13. The molecule has 7 nitrogen and oxygen atoms in total. The number of aryl methyl sites for hydroxylation is 2. The first-order valence-corrected chi connectivity index (χ1v) is 9.93. The smallest absolute Gasteiger partial charge is 0.289 e. The van der Waals surface area contributed by atoms with Crippen LogP contribution in [0.15, 0.2) is 41.0 Å². The Morgan fingerprint density at radius 2 is 1.72 bits per heavy atom. The summed E-state index contributed by atoms with van der Waals surface area (Å²) in [5, 5.41) is 0. The molecule has 2 aromatic rings. The molecule has 2 aliphatic rings. The fourth-order valence-electron chi connectivity index (χ4n) is 3.96. The molecular weight excluding hydrogens is 370 g/mol. The van der Waals surface area contributed by atoms with Crippen molar-refractivity contribution in [1.82, 2.24) is 9.80 Å². The highest BCUT2D eigenvalue weighted by Gasteiger charge is 2.38. The Balaban J connectivity index is 1.36. The molecule has 2 aliphatic heterocycles. The number of hydrogen-bond donors (Lipinski definition) is 0. The van der Waals surface area contributed by atoms with Crippen LogP contribution in [0.25, 0.3) is 0 Å². The van der Waals surface area contributed by atoms with Gasteiger partial charge in [-0.15, -0.1) is 0 Å². The Bertz CT molecular complexity index is 930. The number of piperazine rings is 1. The minimum Gasteiger partial charge on any atom is -0.459 e. The number of carbonyl (C=O) groups excluding carboxylic acids is 3. The molecule has 1 aromatic carbocycles. The van der Waals surface area contributed by atoms with Gasteiger partial charge in [-0.3, -0.25) is 14.4 Å². The van der Waals surface area contributed by atoms with Gasteiger partial charge in [0.2, 0.25) is 11.8 Å². The molecule has 152 valence electrons. The molecule has 0 radical (unpaired) electrons. The molecule has 3 heterocycles. The third-order valence-corrected chi connectivity index (χ3v) is 5.89. The molecule has 0 unspecified atom stereocenters. The van der Waals surface area contributed by atoms with Gasteiger partial charge in [0.1, 0.15) is 0 Å². The van der Waals surface area contributed by atoms with Crippen molar-refractivity contribution in [3.63, 3.8) is 0 Å². The number of benzene rings is 1. The van der Waals surface area contributed by atoms with Gasteiger partial charge in [-0.05, 0) is 49.2 Å². The lowest BCUT2D eigenvalue weighted by Crippen LogP contribution is -2.52. The minimum atomic E-state index is -0.337. The van der Waals surface area contributed by atoms with E-state index in [4.69, 9.17) is 4.42 Å². The first kappa shape index (κ1) is 19.2. The normalized spacial score (nSPS) is 19.7. The maximum absolute atomic E-state index is 13.0. The summed E-state index contributed by atoms with van der Waals surface area (Å²) < 4.78 is 5.17. The van der Waals surface area contributed by atoms with E-state index in [0.717, 1.165) is 11.3 Å². The van der Waals surface area contributed by atoms with E-state index in [1.54, 1.807) is 26.8 Å². The Morgan fingerprint density at radius 3 is 2.38 bits per heavy atom. The number of amides is 3. The van der Waals surface area contributed by atoms with Crippen LogP contribution in [0, 0.1) is 19.8 Å². The Morgan fingerprint density at radius 1 is 1.00 bits per heavy atom. The molecule has 0 aliphatic carbocycles. The maximum Gasteiger partial charge on any atom is 0.289 e. The predicted octanol–water partition coefficient (Wildman–Crippen LogP) is 2.23. The highest BCUT2D eigenvalue weighted by molar-refractivity contribution is 6.00. The second-order valence-electron chi connectivity index (χ2n) is 7.77. The lowest BCUT2D eigenvalue weighted by molar-refractivity contribution is -0.137. The number of nitrogens with zero attached hydrogens (tertiary/aromatic N) is 3. The molecule has 0 spiro atoms. The number of rotatable bonds is 3. The molecule has 0 saturated carbocycles. The molecule has 7 heteroatoms. The largest absolute Gasteiger partial charge is 0.459 e. The lowest BCUT2D eigenvalue weighted by Gasteiger charge is -2.35. The zero-order valence-corrected chi connectivity index (χ0v) is 16.8. The van der Waals surface area contributed by atoms with E-state index < -0.39 is 0 Å². The van der Waals surface area contributed by atoms with Gasteiger partial charge < -0.3 is 19.1 Å². The number of anilines is 1. The van der Waals surface area contributed by atoms with Crippen molar-refractivity contribution in [3.8, 4) is 0 Å². The fourth-order valence-corrected chi connectivity index (χ4v) is 3.96. The predicted molar refractivity (Wildman–Crippen MR) is 108 cm³/mol. The third kappa shape index (κ3) is 3.77. The first-order valence-electron chi connectivity index (χ1n) is 9.93. The summed E-state index contributed by atoms with van der Waals surface area (Å²) in [6.07, 6.45) is 1.71. The molecule has 0 N–H and O–H groups in total. The summed E-state index contributed by atoms with van der Waals surface area (Å²) in [6, 6.07) is 9.27. The van der Waals surface area contributed by atoms with Crippen LogP contribution in [-0.4, -0.2) is 60.2 Å². The van der Waals surface area contributed by atoms with Gasteiger partial charge in [0.25, 0.3) is 5.91 Å². The average Bonchev–Trinajstić information content (AvgIpc) is 3.39. The molecule has 0 bridgehead atoms. The van der Waals surface area contributed by atoms with Gasteiger partial charge in [0.15, 0.2) is 5.76 Å². The van der Waals surface area contributed by atoms with Crippen molar-refractivity contribution in [2.45, 2.75) is 20.3 Å². The molecule has 3 amide bonds. The van der Waals surface area contributed by atoms with Crippen LogP contribution in [0.4, 0.5) is 5.69 Å². The van der Waals surface area contributed by atoms with Crippen molar-refractivity contribution in [3.05, 3.63) is 53.5 Å². The highest BCUT2D eigenvalue weighted by atomic mass is 16.3. The zero-order chi connectivity index (χ0) is 20.5. The highest BCUT2D eigenvalue weighted by Crippen LogP contribution is 2.28. The van der Waals surface area contributed by atoms with Gasteiger partial charge in [-0.25, -0.2) is 0 Å². The quantitative estimate of drug-likeness (QED) is 0.799. The fraction of sp³-hybridized carbons (Fsp3) is 0.409. The Hall–Kier alpha value is -3.09. The Labute approximate surface area is 169 Å². The van der Waals surface area contributed by atoms with E-state index in [1.165, 1.54) is 11.8 Å². The molecule has 1 atom stereocenters. The van der Waals surface area contributed by atoms with E-state index in [2.05, 4.69) is 0 Å². The van der Waals surface area contributed by atoms with Crippen molar-refractivity contribution in [2.24, 2.45) is 5.92 Å². The van der Waals surface area contributed by atoms with Crippen molar-refractivity contribution in [1.29, 1.82) is 0 Å². The van der Waals surface area contributed by atoms with Crippen LogP contribution in [0.3, 0.4) is 0 Å². The van der Waals surface area contributed by atoms with E-state index in [0.29, 0.717) is 38.5 Å². The topological polar surface area (TPSA) is 74.1 Å². The average molecular weight is 395 g/mol. The molecular formula is C22H25N3O4. The summed E-state index contributed by atoms with van der Waals surface area (Å²) in [6.45, 7) is 6.34. The van der Waals surface area contributed by atoms with Crippen molar-refractivity contribution in [2.75, 3.05) is 37.6 Å². The van der Waals surface area contributed by atoms with Gasteiger partial charge in [0.05, 0.1) is 12.2 Å². The monoisotopic (exact) mass is 395 g/mol. The second kappa shape index (κ2) is 7.73. The van der Waals surface area contributed by atoms with E-state index >= 15 is 0 Å². The van der Waals surface area contributed by atoms with Crippen molar-refractivity contribution < 1.29 is 18.8 Å². The van der Waals surface area contributed by atoms with Crippen LogP contribution in [0.2, 0.25) is 0 Å². The lowest BCUT2D eigenvalue weighted by atomic mass is 10.1. The van der Waals surface area contributed by atoms with Gasteiger partial charge in [0, 0.05) is 44.8 Å². The first-order chi connectivity index (χ1) is 13.9. The summed E-state index contributed by atoms with van der Waals surface area (Å²) in [5.41, 5.74) is 3.15. The van der Waals surface area contributed by atoms with Crippen LogP contribution in [-0.2, 0) is 9.59 Å². The molecule has 29 heavy (non-hydrogen) atoms. The zero-order valence-electron chi connectivity index (χ0n) is 16.8. The van der Waals surface area contributed by atoms with Gasteiger partial charge in [-0.1, -0.05) is 6.07 Å². The number of furan rings is 1. The van der Waals surface area contributed by atoms with Gasteiger partial charge >= 0.3 is 0 Å². The minimum absolute atomic E-state index is 0.00483. The summed E-state index contributed by atoms with van der Waals surface area (Å²) >= 11 is 0. The third-order valence-electron chi connectivity index (χ3n) is 5.89. The van der Waals surface area contributed by atoms with Gasteiger partial charge in [-0.2, -0.15) is 0 Å². The van der Waals surface area contributed by atoms with Crippen LogP contribution in [0.5, 0.6) is 0 Å². The van der Waals surface area contributed by atoms with Crippen LogP contribution >= 0.6 is 0 Å². The standard InChI is InChI=1S/C22H25N3O4/c1-15-5-6-18(12-16(15)2)25-14-17(13-20(25)26)21(27)23-7-9-24(10-8-23)22(28)19-4-3-11-29-19/h3-6,11-12,17H,7-10,13-14H2,1-2H3/t17-/m0/s1. The molecule has 2 fully saturated rings. The SMILES string of the molecule is Cc1ccc(N2C[C@@H](C(=O)N3CCN(C(=O)c4ccco4)CC3)CC2=O)cc1C. The van der Waals surface area contributed by atoms with E-state index in [1.807, 2.05) is 32.0 Å². The molecule has 4 rings (SSSR count). The summed E-state index contributed by atoms with van der Waals surface area (Å²) in [5.74, 6) is -0.196. The van der Waals surface area contributed by atoms with Crippen LogP contribution in [0.1, 0.15) is 28.1 Å². The molecule has 1 aromatic heterocycles. The number of carbonyl (C=O) groups is 3. The second-order valence-corrected chi connectivity index (χ2v) is 7.77. The molecule has 2 saturated heterocycles.